The average Bonchev–Trinajstić information content (AvgIpc) is 2.71. The van der Waals surface area contributed by atoms with Crippen LogP contribution >= 0.6 is 0 Å². The van der Waals surface area contributed by atoms with Crippen molar-refractivity contribution < 1.29 is 29.3 Å². The molecule has 5 atom stereocenters. The summed E-state index contributed by atoms with van der Waals surface area (Å²) in [6.07, 6.45) is 1.17. The lowest BCUT2D eigenvalue weighted by Crippen LogP contribution is -2.68. The predicted octanol–water partition coefficient (Wildman–Crippen LogP) is 2.08. The molecule has 0 saturated heterocycles. The Labute approximate surface area is 148 Å². The van der Waals surface area contributed by atoms with Gasteiger partial charge in [-0.2, -0.15) is 0 Å². The second-order valence-electron chi connectivity index (χ2n) is 8.47. The van der Waals surface area contributed by atoms with Crippen molar-refractivity contribution in [1.29, 1.82) is 0 Å². The molecular formula is C19H28O6. The average molecular weight is 352 g/mol. The summed E-state index contributed by atoms with van der Waals surface area (Å²) >= 11 is 0. The maximum absolute atomic E-state index is 12.4. The molecule has 1 heterocycles. The molecule has 0 aromatic heterocycles. The summed E-state index contributed by atoms with van der Waals surface area (Å²) in [4.78, 5) is 24.5. The first-order valence-electron chi connectivity index (χ1n) is 9.06. The van der Waals surface area contributed by atoms with Gasteiger partial charge in [-0.25, -0.2) is 4.79 Å². The van der Waals surface area contributed by atoms with Crippen LogP contribution in [-0.4, -0.2) is 39.6 Å². The predicted molar refractivity (Wildman–Crippen MR) is 89.1 cm³/mol. The molecule has 0 bridgehead atoms. The van der Waals surface area contributed by atoms with Crippen molar-refractivity contribution in [3.8, 4) is 0 Å². The fraction of sp³-hybridized carbons (Fsp3) is 0.789. The van der Waals surface area contributed by atoms with Gasteiger partial charge in [0.25, 0.3) is 0 Å². The smallest absolute Gasteiger partial charge is 0.336 e. The molecule has 2 fully saturated rings. The van der Waals surface area contributed by atoms with Crippen molar-refractivity contribution in [3.63, 3.8) is 0 Å². The minimum atomic E-state index is -1.91. The van der Waals surface area contributed by atoms with Gasteiger partial charge in [-0.15, -0.1) is 0 Å². The van der Waals surface area contributed by atoms with Crippen molar-refractivity contribution in [2.45, 2.75) is 77.8 Å². The molecule has 2 aliphatic carbocycles. The molecule has 140 valence electrons. The van der Waals surface area contributed by atoms with Crippen LogP contribution in [0.15, 0.2) is 11.1 Å². The molecule has 0 radical (unpaired) electrons. The van der Waals surface area contributed by atoms with Crippen molar-refractivity contribution in [2.75, 3.05) is 0 Å². The first-order valence-corrected chi connectivity index (χ1v) is 9.06. The Bertz CT molecular complexity index is 652. The number of rotatable bonds is 2. The van der Waals surface area contributed by atoms with Gasteiger partial charge in [-0.05, 0) is 25.7 Å². The lowest BCUT2D eigenvalue weighted by Gasteiger charge is -2.60. The van der Waals surface area contributed by atoms with E-state index < -0.39 is 34.8 Å². The van der Waals surface area contributed by atoms with Crippen molar-refractivity contribution in [1.82, 2.24) is 0 Å². The van der Waals surface area contributed by atoms with Crippen molar-refractivity contribution in [2.24, 2.45) is 17.3 Å². The van der Waals surface area contributed by atoms with E-state index in [1.165, 1.54) is 0 Å². The molecule has 3 aliphatic rings. The van der Waals surface area contributed by atoms with Gasteiger partial charge < -0.3 is 19.7 Å². The van der Waals surface area contributed by atoms with Crippen molar-refractivity contribution in [3.05, 3.63) is 11.1 Å². The molecule has 2 saturated carbocycles. The van der Waals surface area contributed by atoms with Gasteiger partial charge in [0.2, 0.25) is 5.79 Å². The van der Waals surface area contributed by atoms with E-state index >= 15 is 0 Å². The zero-order chi connectivity index (χ0) is 18.8. The zero-order valence-electron chi connectivity index (χ0n) is 15.6. The molecule has 0 amide bonds. The van der Waals surface area contributed by atoms with E-state index in [-0.39, 0.29) is 23.8 Å². The van der Waals surface area contributed by atoms with Crippen LogP contribution in [0.1, 0.15) is 60.3 Å². The Hall–Kier alpha value is -1.40. The number of ether oxygens (including phenoxy) is 2. The van der Waals surface area contributed by atoms with Gasteiger partial charge in [-0.3, -0.25) is 4.79 Å². The van der Waals surface area contributed by atoms with Gasteiger partial charge in [0, 0.05) is 17.4 Å². The van der Waals surface area contributed by atoms with E-state index in [2.05, 4.69) is 0 Å². The molecule has 3 rings (SSSR count). The highest BCUT2D eigenvalue weighted by Crippen LogP contribution is 2.62. The van der Waals surface area contributed by atoms with Crippen LogP contribution in [0.3, 0.4) is 0 Å². The number of aliphatic hydroxyl groups is 2. The topological polar surface area (TPSA) is 93.1 Å². The van der Waals surface area contributed by atoms with Gasteiger partial charge in [0.1, 0.15) is 6.10 Å². The van der Waals surface area contributed by atoms with E-state index in [1.807, 2.05) is 13.8 Å². The molecule has 25 heavy (non-hydrogen) atoms. The van der Waals surface area contributed by atoms with Crippen LogP contribution in [0.25, 0.3) is 0 Å². The molecule has 0 spiro atoms. The van der Waals surface area contributed by atoms with E-state index in [0.717, 1.165) is 12.8 Å². The van der Waals surface area contributed by atoms with E-state index in [4.69, 9.17) is 9.47 Å². The first-order chi connectivity index (χ1) is 11.5. The molecule has 1 aliphatic heterocycles. The standard InChI is InChI=1S/C19H28O6/c1-10(2)15(20)24-14-13-12(4)16(21)25-19(13,23)9-18(22)8-6-7-11(3)17(14,18)5/h10-11,14,22-23H,6-9H2,1-5H3/t11-,14+,17-,18-,19-/m0/s1. The Balaban J connectivity index is 2.18. The highest BCUT2D eigenvalue weighted by molar-refractivity contribution is 5.93. The summed E-state index contributed by atoms with van der Waals surface area (Å²) in [5.41, 5.74) is -1.51. The van der Waals surface area contributed by atoms with Crippen LogP contribution in [-0.2, 0) is 19.1 Å². The normalized spacial score (nSPS) is 43.6. The third-order valence-electron chi connectivity index (χ3n) is 6.69. The lowest BCUT2D eigenvalue weighted by molar-refractivity contribution is -0.275. The van der Waals surface area contributed by atoms with Crippen LogP contribution < -0.4 is 0 Å². The SMILES string of the molecule is CC1=C2[C@@H](OC(=O)C(C)C)[C@]3(C)[C@@H](C)CCC[C@]3(O)C[C@]2(O)OC1=O. The molecule has 0 unspecified atom stereocenters. The largest absolute Gasteiger partial charge is 0.457 e. The first kappa shape index (κ1) is 18.4. The van der Waals surface area contributed by atoms with E-state index in [9.17, 15) is 19.8 Å². The minimum absolute atomic E-state index is 0.0526. The maximum atomic E-state index is 12.4. The number of carbonyl (C=O) groups excluding carboxylic acids is 2. The fourth-order valence-corrected chi connectivity index (χ4v) is 4.86. The van der Waals surface area contributed by atoms with E-state index in [0.29, 0.717) is 12.0 Å². The summed E-state index contributed by atoms with van der Waals surface area (Å²) in [5, 5.41) is 22.5. The Kier molecular flexibility index (Phi) is 4.08. The Morgan fingerprint density at radius 3 is 2.60 bits per heavy atom. The summed E-state index contributed by atoms with van der Waals surface area (Å²) in [7, 11) is 0. The summed E-state index contributed by atoms with van der Waals surface area (Å²) in [6.45, 7) is 8.96. The summed E-state index contributed by atoms with van der Waals surface area (Å²) in [6, 6.07) is 0. The summed E-state index contributed by atoms with van der Waals surface area (Å²) < 4.78 is 11.0. The summed E-state index contributed by atoms with van der Waals surface area (Å²) in [5.74, 6) is -3.26. The van der Waals surface area contributed by atoms with E-state index in [1.54, 1.807) is 20.8 Å². The molecule has 0 aromatic carbocycles. The second-order valence-corrected chi connectivity index (χ2v) is 8.47. The Morgan fingerprint density at radius 1 is 1.36 bits per heavy atom. The maximum Gasteiger partial charge on any atom is 0.336 e. The molecule has 6 heteroatoms. The number of fused-ring (bicyclic) bond motifs is 2. The van der Waals surface area contributed by atoms with Crippen LogP contribution in [0, 0.1) is 17.3 Å². The highest BCUT2D eigenvalue weighted by Gasteiger charge is 2.70. The number of esters is 2. The lowest BCUT2D eigenvalue weighted by atomic mass is 9.49. The molecule has 0 aromatic rings. The van der Waals surface area contributed by atoms with Crippen molar-refractivity contribution >= 4 is 11.9 Å². The number of carbonyl (C=O) groups is 2. The van der Waals surface area contributed by atoms with Gasteiger partial charge in [0.15, 0.2) is 0 Å². The van der Waals surface area contributed by atoms with Gasteiger partial charge >= 0.3 is 11.9 Å². The van der Waals surface area contributed by atoms with Gasteiger partial charge in [0.05, 0.1) is 17.1 Å². The third-order valence-corrected chi connectivity index (χ3v) is 6.69. The van der Waals surface area contributed by atoms with Crippen LogP contribution in [0.5, 0.6) is 0 Å². The number of hydrogen-bond acceptors (Lipinski definition) is 6. The Morgan fingerprint density at radius 2 is 2.00 bits per heavy atom. The number of hydrogen-bond donors (Lipinski definition) is 2. The highest BCUT2D eigenvalue weighted by atomic mass is 16.7. The zero-order valence-corrected chi connectivity index (χ0v) is 15.6. The third kappa shape index (κ3) is 2.37. The molecular weight excluding hydrogens is 324 g/mol. The van der Waals surface area contributed by atoms with Gasteiger partial charge in [-0.1, -0.05) is 34.1 Å². The van der Waals surface area contributed by atoms with Crippen LogP contribution in [0.4, 0.5) is 0 Å². The minimum Gasteiger partial charge on any atom is -0.457 e. The molecule has 2 N–H and O–H groups in total. The molecule has 6 nitrogen and oxygen atoms in total. The monoisotopic (exact) mass is 352 g/mol. The quantitative estimate of drug-likeness (QED) is 0.739. The second kappa shape index (κ2) is 5.55. The fourth-order valence-electron chi connectivity index (χ4n) is 4.86. The van der Waals surface area contributed by atoms with Crippen LogP contribution in [0.2, 0.25) is 0 Å².